The molecule has 19 heavy (non-hydrogen) atoms. The maximum Gasteiger partial charge on any atom is 0.121 e. The van der Waals surface area contributed by atoms with Crippen LogP contribution in [-0.2, 0) is 13.1 Å². The minimum absolute atomic E-state index is 0.390. The SMILES string of the molecule is Cc1cc(CNCc2ccc(Cl)cc2)cc(C)c1O. The molecule has 0 amide bonds. The summed E-state index contributed by atoms with van der Waals surface area (Å²) in [5, 5.41) is 13.9. The lowest BCUT2D eigenvalue weighted by atomic mass is 10.1. The predicted octanol–water partition coefficient (Wildman–Crippen LogP) is 3.95. The molecular formula is C16H18ClNO. The third-order valence-corrected chi connectivity index (χ3v) is 3.37. The van der Waals surface area contributed by atoms with Crippen LogP contribution in [0, 0.1) is 13.8 Å². The zero-order chi connectivity index (χ0) is 13.8. The second-order valence-electron chi connectivity index (χ2n) is 4.81. The summed E-state index contributed by atoms with van der Waals surface area (Å²) < 4.78 is 0. The second kappa shape index (κ2) is 6.09. The summed E-state index contributed by atoms with van der Waals surface area (Å²) in [6.07, 6.45) is 0. The van der Waals surface area contributed by atoms with Crippen LogP contribution in [0.2, 0.25) is 5.02 Å². The van der Waals surface area contributed by atoms with Gasteiger partial charge in [-0.25, -0.2) is 0 Å². The molecule has 2 aromatic rings. The third kappa shape index (κ3) is 3.72. The topological polar surface area (TPSA) is 32.3 Å². The molecule has 0 saturated heterocycles. The van der Waals surface area contributed by atoms with Gasteiger partial charge < -0.3 is 10.4 Å². The molecule has 2 nitrogen and oxygen atoms in total. The molecule has 0 fully saturated rings. The van der Waals surface area contributed by atoms with Crippen molar-refractivity contribution in [3.8, 4) is 5.75 Å². The van der Waals surface area contributed by atoms with Gasteiger partial charge in [-0.05, 0) is 48.2 Å². The van der Waals surface area contributed by atoms with E-state index in [2.05, 4.69) is 5.32 Å². The van der Waals surface area contributed by atoms with Gasteiger partial charge in [0.25, 0.3) is 0 Å². The van der Waals surface area contributed by atoms with Crippen molar-refractivity contribution in [1.29, 1.82) is 0 Å². The van der Waals surface area contributed by atoms with Crippen molar-refractivity contribution in [2.24, 2.45) is 0 Å². The van der Waals surface area contributed by atoms with Gasteiger partial charge in [0.2, 0.25) is 0 Å². The summed E-state index contributed by atoms with van der Waals surface area (Å²) in [4.78, 5) is 0. The predicted molar refractivity (Wildman–Crippen MR) is 79.6 cm³/mol. The van der Waals surface area contributed by atoms with Gasteiger partial charge in [0.15, 0.2) is 0 Å². The Morgan fingerprint density at radius 2 is 1.47 bits per heavy atom. The summed E-state index contributed by atoms with van der Waals surface area (Å²) in [6, 6.07) is 11.8. The molecule has 2 N–H and O–H groups in total. The van der Waals surface area contributed by atoms with E-state index in [4.69, 9.17) is 11.6 Å². The molecule has 0 radical (unpaired) electrons. The Morgan fingerprint density at radius 1 is 0.947 bits per heavy atom. The van der Waals surface area contributed by atoms with E-state index in [9.17, 15) is 5.11 Å². The first-order valence-corrected chi connectivity index (χ1v) is 6.68. The molecule has 0 aromatic heterocycles. The van der Waals surface area contributed by atoms with Gasteiger partial charge in [0.1, 0.15) is 5.75 Å². The first kappa shape index (κ1) is 13.9. The molecule has 0 aliphatic heterocycles. The third-order valence-electron chi connectivity index (χ3n) is 3.12. The zero-order valence-electron chi connectivity index (χ0n) is 11.2. The summed E-state index contributed by atoms with van der Waals surface area (Å²) >= 11 is 5.85. The van der Waals surface area contributed by atoms with Gasteiger partial charge in [-0.2, -0.15) is 0 Å². The Kier molecular flexibility index (Phi) is 4.46. The van der Waals surface area contributed by atoms with E-state index in [0.29, 0.717) is 5.75 Å². The molecule has 0 heterocycles. The quantitative estimate of drug-likeness (QED) is 0.885. The summed E-state index contributed by atoms with van der Waals surface area (Å²) in [5.74, 6) is 0.390. The van der Waals surface area contributed by atoms with Gasteiger partial charge in [0.05, 0.1) is 0 Å². The summed E-state index contributed by atoms with van der Waals surface area (Å²) in [7, 11) is 0. The fraction of sp³-hybridized carbons (Fsp3) is 0.250. The lowest BCUT2D eigenvalue weighted by molar-refractivity contribution is 0.466. The standard InChI is InChI=1S/C16H18ClNO/c1-11-7-14(8-12(2)16(11)19)10-18-9-13-3-5-15(17)6-4-13/h3-8,18-19H,9-10H2,1-2H3. The van der Waals surface area contributed by atoms with E-state index in [1.165, 1.54) is 11.1 Å². The molecule has 0 atom stereocenters. The molecule has 0 spiro atoms. The van der Waals surface area contributed by atoms with Crippen molar-refractivity contribution in [2.45, 2.75) is 26.9 Å². The molecule has 2 aromatic carbocycles. The highest BCUT2D eigenvalue weighted by atomic mass is 35.5. The Hall–Kier alpha value is -1.51. The number of rotatable bonds is 4. The van der Waals surface area contributed by atoms with Gasteiger partial charge in [-0.1, -0.05) is 35.9 Å². The highest BCUT2D eigenvalue weighted by Gasteiger charge is 2.03. The van der Waals surface area contributed by atoms with Crippen LogP contribution in [0.1, 0.15) is 22.3 Å². The number of hydrogen-bond donors (Lipinski definition) is 2. The number of hydrogen-bond acceptors (Lipinski definition) is 2. The smallest absolute Gasteiger partial charge is 0.121 e. The average molecular weight is 276 g/mol. The van der Waals surface area contributed by atoms with E-state index >= 15 is 0 Å². The molecule has 0 aliphatic rings. The lowest BCUT2D eigenvalue weighted by Gasteiger charge is -2.09. The van der Waals surface area contributed by atoms with E-state index < -0.39 is 0 Å². The number of aryl methyl sites for hydroxylation is 2. The highest BCUT2D eigenvalue weighted by Crippen LogP contribution is 2.22. The molecule has 0 bridgehead atoms. The monoisotopic (exact) mass is 275 g/mol. The molecule has 100 valence electrons. The average Bonchev–Trinajstić information content (AvgIpc) is 2.38. The maximum absolute atomic E-state index is 9.73. The number of benzene rings is 2. The number of nitrogens with one attached hydrogen (secondary N) is 1. The first-order valence-electron chi connectivity index (χ1n) is 6.30. The molecule has 2 rings (SSSR count). The van der Waals surface area contributed by atoms with Crippen molar-refractivity contribution >= 4 is 11.6 Å². The number of halogens is 1. The highest BCUT2D eigenvalue weighted by molar-refractivity contribution is 6.30. The Morgan fingerprint density at radius 3 is 2.05 bits per heavy atom. The van der Waals surface area contributed by atoms with Crippen molar-refractivity contribution in [3.63, 3.8) is 0 Å². The zero-order valence-corrected chi connectivity index (χ0v) is 12.0. The Bertz CT molecular complexity index is 540. The Balaban J connectivity index is 1.94. The minimum Gasteiger partial charge on any atom is -0.507 e. The summed E-state index contributed by atoms with van der Waals surface area (Å²) in [5.41, 5.74) is 4.23. The number of phenolic OH excluding ortho intramolecular Hbond substituents is 1. The van der Waals surface area contributed by atoms with Crippen LogP contribution in [0.25, 0.3) is 0 Å². The van der Waals surface area contributed by atoms with Crippen LogP contribution in [0.4, 0.5) is 0 Å². The van der Waals surface area contributed by atoms with E-state index in [1.807, 2.05) is 50.2 Å². The second-order valence-corrected chi connectivity index (χ2v) is 5.24. The van der Waals surface area contributed by atoms with E-state index in [1.54, 1.807) is 0 Å². The van der Waals surface area contributed by atoms with Crippen LogP contribution < -0.4 is 5.32 Å². The fourth-order valence-corrected chi connectivity index (χ4v) is 2.23. The van der Waals surface area contributed by atoms with Gasteiger partial charge in [-0.15, -0.1) is 0 Å². The van der Waals surface area contributed by atoms with Crippen LogP contribution in [0.5, 0.6) is 5.75 Å². The molecule has 0 unspecified atom stereocenters. The Labute approximate surface area is 119 Å². The molecular weight excluding hydrogens is 258 g/mol. The van der Waals surface area contributed by atoms with Gasteiger partial charge >= 0.3 is 0 Å². The van der Waals surface area contributed by atoms with E-state index in [-0.39, 0.29) is 0 Å². The van der Waals surface area contributed by atoms with E-state index in [0.717, 1.165) is 29.2 Å². The maximum atomic E-state index is 9.73. The van der Waals surface area contributed by atoms with Crippen LogP contribution in [0.15, 0.2) is 36.4 Å². The van der Waals surface area contributed by atoms with Crippen molar-refractivity contribution in [3.05, 3.63) is 63.7 Å². The van der Waals surface area contributed by atoms with Gasteiger partial charge in [0, 0.05) is 18.1 Å². The first-order chi connectivity index (χ1) is 9.06. The van der Waals surface area contributed by atoms with Crippen LogP contribution in [0.3, 0.4) is 0 Å². The van der Waals surface area contributed by atoms with Crippen molar-refractivity contribution < 1.29 is 5.11 Å². The number of phenols is 1. The molecule has 3 heteroatoms. The summed E-state index contributed by atoms with van der Waals surface area (Å²) in [6.45, 7) is 5.43. The van der Waals surface area contributed by atoms with Gasteiger partial charge in [-0.3, -0.25) is 0 Å². The normalized spacial score (nSPS) is 10.7. The fourth-order valence-electron chi connectivity index (χ4n) is 2.10. The molecule has 0 aliphatic carbocycles. The number of aromatic hydroxyl groups is 1. The van der Waals surface area contributed by atoms with Crippen molar-refractivity contribution in [1.82, 2.24) is 5.32 Å². The lowest BCUT2D eigenvalue weighted by Crippen LogP contribution is -2.12. The minimum atomic E-state index is 0.390. The van der Waals surface area contributed by atoms with Crippen LogP contribution in [-0.4, -0.2) is 5.11 Å². The molecule has 0 saturated carbocycles. The largest absolute Gasteiger partial charge is 0.507 e. The van der Waals surface area contributed by atoms with Crippen molar-refractivity contribution in [2.75, 3.05) is 0 Å². The van der Waals surface area contributed by atoms with Crippen LogP contribution >= 0.6 is 11.6 Å².